The van der Waals surface area contributed by atoms with Crippen molar-refractivity contribution in [3.8, 4) is 0 Å². The number of nitro groups is 1. The summed E-state index contributed by atoms with van der Waals surface area (Å²) in [6, 6.07) is 4.72. The minimum Gasteiger partial charge on any atom is -0.369 e. The molecule has 3 rings (SSSR count). The van der Waals surface area contributed by atoms with E-state index in [1.54, 1.807) is 12.1 Å². The van der Waals surface area contributed by atoms with Gasteiger partial charge in [0.25, 0.3) is 11.6 Å². The maximum absolute atomic E-state index is 12.6. The van der Waals surface area contributed by atoms with Crippen LogP contribution in [-0.2, 0) is 4.79 Å². The zero-order chi connectivity index (χ0) is 21.0. The number of nitrogens with zero attached hydrogens (tertiary/aromatic N) is 3. The number of carbonyl (C=O) groups is 2. The molecule has 0 aliphatic carbocycles. The minimum absolute atomic E-state index is 0.0195. The first kappa shape index (κ1) is 21.0. The molecule has 0 bridgehead atoms. The van der Waals surface area contributed by atoms with Crippen molar-refractivity contribution in [2.75, 3.05) is 37.6 Å². The molecule has 2 heterocycles. The Morgan fingerprint density at radius 1 is 1.17 bits per heavy atom. The van der Waals surface area contributed by atoms with Gasteiger partial charge in [-0.3, -0.25) is 24.6 Å². The summed E-state index contributed by atoms with van der Waals surface area (Å²) in [6.07, 6.45) is 3.44. The van der Waals surface area contributed by atoms with E-state index in [0.29, 0.717) is 43.1 Å². The number of nitrogens with one attached hydrogen (secondary N) is 1. The van der Waals surface area contributed by atoms with Gasteiger partial charge in [0.1, 0.15) is 5.69 Å². The average Bonchev–Trinajstić information content (AvgIpc) is 2.69. The molecule has 2 aliphatic heterocycles. The SMILES string of the molecule is CC1CCN(c2ccc(C(=O)NC3CCN(CC(N)=O)CC3)cc2[N+](=O)[O-])CC1. The first-order chi connectivity index (χ1) is 13.8. The van der Waals surface area contributed by atoms with Crippen LogP contribution >= 0.6 is 0 Å². The third kappa shape index (κ3) is 5.44. The summed E-state index contributed by atoms with van der Waals surface area (Å²) < 4.78 is 0. The van der Waals surface area contributed by atoms with Crippen LogP contribution in [0.1, 0.15) is 43.0 Å². The van der Waals surface area contributed by atoms with Gasteiger partial charge in [0, 0.05) is 43.9 Å². The predicted molar refractivity (Wildman–Crippen MR) is 110 cm³/mol. The molecule has 29 heavy (non-hydrogen) atoms. The highest BCUT2D eigenvalue weighted by molar-refractivity contribution is 5.96. The first-order valence-electron chi connectivity index (χ1n) is 10.2. The van der Waals surface area contributed by atoms with Crippen molar-refractivity contribution < 1.29 is 14.5 Å². The topological polar surface area (TPSA) is 122 Å². The summed E-state index contributed by atoms with van der Waals surface area (Å²) in [7, 11) is 0. The Morgan fingerprint density at radius 3 is 2.41 bits per heavy atom. The number of likely N-dealkylation sites (tertiary alicyclic amines) is 1. The summed E-state index contributed by atoms with van der Waals surface area (Å²) in [4.78, 5) is 38.9. The predicted octanol–water partition coefficient (Wildman–Crippen LogP) is 1.51. The molecule has 0 atom stereocenters. The van der Waals surface area contributed by atoms with E-state index in [9.17, 15) is 19.7 Å². The van der Waals surface area contributed by atoms with Crippen molar-refractivity contribution in [1.82, 2.24) is 10.2 Å². The van der Waals surface area contributed by atoms with E-state index in [2.05, 4.69) is 12.2 Å². The quantitative estimate of drug-likeness (QED) is 0.548. The monoisotopic (exact) mass is 403 g/mol. The van der Waals surface area contributed by atoms with Crippen LogP contribution in [0.5, 0.6) is 0 Å². The lowest BCUT2D eigenvalue weighted by molar-refractivity contribution is -0.384. The second kappa shape index (κ2) is 9.21. The number of piperidine rings is 2. The van der Waals surface area contributed by atoms with Crippen molar-refractivity contribution in [2.24, 2.45) is 11.7 Å². The molecule has 1 aromatic carbocycles. The lowest BCUT2D eigenvalue weighted by Crippen LogP contribution is -2.46. The molecule has 2 amide bonds. The Labute approximate surface area is 170 Å². The second-order valence-electron chi connectivity index (χ2n) is 8.12. The maximum atomic E-state index is 12.6. The van der Waals surface area contributed by atoms with Crippen molar-refractivity contribution in [3.05, 3.63) is 33.9 Å². The molecular formula is C20H29N5O4. The van der Waals surface area contributed by atoms with Crippen LogP contribution in [0.3, 0.4) is 0 Å². The molecule has 9 heteroatoms. The zero-order valence-electron chi connectivity index (χ0n) is 16.8. The number of hydrogen-bond donors (Lipinski definition) is 2. The highest BCUT2D eigenvalue weighted by Gasteiger charge is 2.26. The summed E-state index contributed by atoms with van der Waals surface area (Å²) in [6.45, 7) is 5.36. The highest BCUT2D eigenvalue weighted by atomic mass is 16.6. The van der Waals surface area contributed by atoms with E-state index in [0.717, 1.165) is 25.9 Å². The number of amides is 2. The summed E-state index contributed by atoms with van der Waals surface area (Å²) in [5, 5.41) is 14.6. The van der Waals surface area contributed by atoms with Gasteiger partial charge in [-0.05, 0) is 43.7 Å². The van der Waals surface area contributed by atoms with Gasteiger partial charge in [-0.15, -0.1) is 0 Å². The fourth-order valence-electron chi connectivity index (χ4n) is 4.05. The summed E-state index contributed by atoms with van der Waals surface area (Å²) >= 11 is 0. The molecule has 0 saturated carbocycles. The van der Waals surface area contributed by atoms with Crippen LogP contribution in [0.25, 0.3) is 0 Å². The van der Waals surface area contributed by atoms with E-state index in [4.69, 9.17) is 5.73 Å². The van der Waals surface area contributed by atoms with Gasteiger partial charge in [0.15, 0.2) is 0 Å². The average molecular weight is 403 g/mol. The van der Waals surface area contributed by atoms with Crippen molar-refractivity contribution >= 4 is 23.2 Å². The smallest absolute Gasteiger partial charge is 0.293 e. The van der Waals surface area contributed by atoms with E-state index in [-0.39, 0.29) is 30.1 Å². The first-order valence-corrected chi connectivity index (χ1v) is 10.2. The van der Waals surface area contributed by atoms with Gasteiger partial charge in [-0.2, -0.15) is 0 Å². The van der Waals surface area contributed by atoms with Gasteiger partial charge in [0.05, 0.1) is 11.5 Å². The molecular weight excluding hydrogens is 374 g/mol. The van der Waals surface area contributed by atoms with Crippen molar-refractivity contribution in [1.29, 1.82) is 0 Å². The Morgan fingerprint density at radius 2 is 1.83 bits per heavy atom. The van der Waals surface area contributed by atoms with E-state index in [1.807, 2.05) is 9.80 Å². The molecule has 2 fully saturated rings. The summed E-state index contributed by atoms with van der Waals surface area (Å²) in [5.41, 5.74) is 6.07. The molecule has 3 N–H and O–H groups in total. The molecule has 9 nitrogen and oxygen atoms in total. The van der Waals surface area contributed by atoms with Crippen LogP contribution in [0, 0.1) is 16.0 Å². The van der Waals surface area contributed by atoms with Gasteiger partial charge < -0.3 is 16.0 Å². The number of anilines is 1. The molecule has 0 radical (unpaired) electrons. The number of benzene rings is 1. The Hall–Kier alpha value is -2.68. The lowest BCUT2D eigenvalue weighted by atomic mass is 9.98. The minimum atomic E-state index is -0.410. The van der Waals surface area contributed by atoms with Gasteiger partial charge in [0.2, 0.25) is 5.91 Å². The van der Waals surface area contributed by atoms with Gasteiger partial charge >= 0.3 is 0 Å². The van der Waals surface area contributed by atoms with Crippen molar-refractivity contribution in [2.45, 2.75) is 38.6 Å². The maximum Gasteiger partial charge on any atom is 0.293 e. The fraction of sp³-hybridized carbons (Fsp3) is 0.600. The summed E-state index contributed by atoms with van der Waals surface area (Å²) in [5.74, 6) is -0.0342. The van der Waals surface area contributed by atoms with Gasteiger partial charge in [-0.1, -0.05) is 6.92 Å². The Bertz CT molecular complexity index is 768. The number of nitrogens with two attached hydrogens (primary N) is 1. The van der Waals surface area contributed by atoms with Gasteiger partial charge in [-0.25, -0.2) is 0 Å². The van der Waals surface area contributed by atoms with Crippen molar-refractivity contribution in [3.63, 3.8) is 0 Å². The number of rotatable bonds is 6. The van der Waals surface area contributed by atoms with Crippen LogP contribution in [-0.4, -0.2) is 60.4 Å². The van der Waals surface area contributed by atoms with Crippen LogP contribution in [0.15, 0.2) is 18.2 Å². The molecule has 158 valence electrons. The molecule has 0 spiro atoms. The van der Waals surface area contributed by atoms with E-state index >= 15 is 0 Å². The third-order valence-electron chi connectivity index (χ3n) is 5.86. The van der Waals surface area contributed by atoms with E-state index < -0.39 is 4.92 Å². The zero-order valence-corrected chi connectivity index (χ0v) is 16.8. The number of carbonyl (C=O) groups excluding carboxylic acids is 2. The molecule has 0 unspecified atom stereocenters. The van der Waals surface area contributed by atoms with Crippen LogP contribution < -0.4 is 16.0 Å². The number of nitro benzene ring substituents is 1. The molecule has 2 saturated heterocycles. The highest BCUT2D eigenvalue weighted by Crippen LogP contribution is 2.32. The normalized spacial score (nSPS) is 19.1. The number of primary amides is 1. The molecule has 1 aromatic rings. The largest absolute Gasteiger partial charge is 0.369 e. The molecule has 0 aromatic heterocycles. The Kier molecular flexibility index (Phi) is 6.68. The Balaban J connectivity index is 1.64. The van der Waals surface area contributed by atoms with Crippen LogP contribution in [0.2, 0.25) is 0 Å². The fourth-order valence-corrected chi connectivity index (χ4v) is 4.05. The molecule has 2 aliphatic rings. The van der Waals surface area contributed by atoms with E-state index in [1.165, 1.54) is 6.07 Å². The standard InChI is InChI=1S/C20H29N5O4/c1-14-4-10-24(11-5-14)17-3-2-15(12-18(17)25(28)29)20(27)22-16-6-8-23(9-7-16)13-19(21)26/h2-3,12,14,16H,4-11,13H2,1H3,(H2,21,26)(H,22,27). The third-order valence-corrected chi connectivity index (χ3v) is 5.86. The number of hydrogen-bond acceptors (Lipinski definition) is 6. The lowest BCUT2D eigenvalue weighted by Gasteiger charge is -2.32. The second-order valence-corrected chi connectivity index (χ2v) is 8.12. The van der Waals surface area contributed by atoms with Crippen LogP contribution in [0.4, 0.5) is 11.4 Å².